The van der Waals surface area contributed by atoms with Crippen molar-refractivity contribution in [3.63, 3.8) is 0 Å². The molecule has 0 amide bonds. The largest absolute Gasteiger partial charge is 0.367 e. The smallest absolute Gasteiger partial charge is 0.191 e. The molecule has 1 unspecified atom stereocenters. The molecule has 0 aliphatic carbocycles. The van der Waals surface area contributed by atoms with Crippen LogP contribution >= 0.6 is 24.0 Å². The summed E-state index contributed by atoms with van der Waals surface area (Å²) in [5.41, 5.74) is 0.462. The van der Waals surface area contributed by atoms with E-state index in [1.165, 1.54) is 12.1 Å². The van der Waals surface area contributed by atoms with Gasteiger partial charge in [-0.05, 0) is 58.0 Å². The van der Waals surface area contributed by atoms with Crippen LogP contribution in [-0.4, -0.2) is 62.7 Å². The molecule has 1 saturated heterocycles. The molecule has 0 saturated carbocycles. The standard InChI is InChI=1S/C21H35F2N5.HI/c1-4-24-21(25-12-7-8-13-27(5-2)6-3)26-18-11-14-28(16-18)20-10-9-17(22)15-19(20)23;/h9-10,15,18H,4-8,11-14,16H2,1-3H3,(H2,24,25,26);1H. The summed E-state index contributed by atoms with van der Waals surface area (Å²) < 4.78 is 27.1. The molecule has 2 N–H and O–H groups in total. The average Bonchev–Trinajstić information content (AvgIpc) is 3.13. The van der Waals surface area contributed by atoms with Crippen LogP contribution in [0.2, 0.25) is 0 Å². The van der Waals surface area contributed by atoms with Crippen molar-refractivity contribution in [1.29, 1.82) is 0 Å². The maximum atomic E-state index is 14.0. The van der Waals surface area contributed by atoms with Crippen molar-refractivity contribution >= 4 is 35.6 Å². The minimum absolute atomic E-state index is 0. The minimum Gasteiger partial charge on any atom is -0.367 e. The molecule has 1 atom stereocenters. The quantitative estimate of drug-likeness (QED) is 0.212. The van der Waals surface area contributed by atoms with Crippen molar-refractivity contribution in [2.24, 2.45) is 4.99 Å². The summed E-state index contributed by atoms with van der Waals surface area (Å²) in [6.07, 6.45) is 3.10. The van der Waals surface area contributed by atoms with Gasteiger partial charge in [-0.15, -0.1) is 24.0 Å². The summed E-state index contributed by atoms with van der Waals surface area (Å²) >= 11 is 0. The number of rotatable bonds is 10. The molecule has 1 aromatic rings. The van der Waals surface area contributed by atoms with E-state index in [-0.39, 0.29) is 30.0 Å². The van der Waals surface area contributed by atoms with E-state index in [9.17, 15) is 8.78 Å². The van der Waals surface area contributed by atoms with E-state index in [2.05, 4.69) is 34.4 Å². The number of halogens is 3. The number of anilines is 1. The van der Waals surface area contributed by atoms with E-state index >= 15 is 0 Å². The average molecular weight is 523 g/mol. The number of nitrogens with zero attached hydrogens (tertiary/aromatic N) is 3. The Morgan fingerprint density at radius 1 is 1.21 bits per heavy atom. The summed E-state index contributed by atoms with van der Waals surface area (Å²) in [6.45, 7) is 12.7. The van der Waals surface area contributed by atoms with E-state index in [0.29, 0.717) is 12.2 Å². The Kier molecular flexibility index (Phi) is 12.4. The van der Waals surface area contributed by atoms with Crippen LogP contribution in [0.15, 0.2) is 23.2 Å². The highest BCUT2D eigenvalue weighted by molar-refractivity contribution is 14.0. The summed E-state index contributed by atoms with van der Waals surface area (Å²) in [4.78, 5) is 9.07. The predicted molar refractivity (Wildman–Crippen MR) is 129 cm³/mol. The Labute approximate surface area is 191 Å². The van der Waals surface area contributed by atoms with E-state index in [1.54, 1.807) is 0 Å². The number of hydrogen-bond acceptors (Lipinski definition) is 3. The number of benzene rings is 1. The third-order valence-electron chi connectivity index (χ3n) is 5.17. The van der Waals surface area contributed by atoms with Crippen molar-refractivity contribution < 1.29 is 8.78 Å². The first-order chi connectivity index (χ1) is 13.6. The number of guanidine groups is 1. The second-order valence-electron chi connectivity index (χ2n) is 7.17. The maximum Gasteiger partial charge on any atom is 0.191 e. The predicted octanol–water partition coefficient (Wildman–Crippen LogP) is 3.84. The molecule has 166 valence electrons. The van der Waals surface area contributed by atoms with Crippen LogP contribution in [0.3, 0.4) is 0 Å². The van der Waals surface area contributed by atoms with Crippen LogP contribution in [0.1, 0.15) is 40.0 Å². The molecule has 1 aliphatic heterocycles. The zero-order chi connectivity index (χ0) is 20.4. The molecule has 1 heterocycles. The number of aliphatic imine (C=N–C) groups is 1. The molecule has 0 bridgehead atoms. The number of unbranched alkanes of at least 4 members (excludes halogenated alkanes) is 1. The van der Waals surface area contributed by atoms with E-state index < -0.39 is 11.6 Å². The highest BCUT2D eigenvalue weighted by atomic mass is 127. The lowest BCUT2D eigenvalue weighted by Gasteiger charge is -2.21. The molecule has 0 aromatic heterocycles. The Morgan fingerprint density at radius 2 is 1.97 bits per heavy atom. The van der Waals surface area contributed by atoms with Crippen molar-refractivity contribution in [2.45, 2.75) is 46.1 Å². The number of hydrogen-bond donors (Lipinski definition) is 2. The van der Waals surface area contributed by atoms with Crippen LogP contribution < -0.4 is 15.5 Å². The van der Waals surface area contributed by atoms with Gasteiger partial charge in [0.1, 0.15) is 11.6 Å². The van der Waals surface area contributed by atoms with E-state index in [4.69, 9.17) is 0 Å². The summed E-state index contributed by atoms with van der Waals surface area (Å²) in [5, 5.41) is 6.75. The van der Waals surface area contributed by atoms with Crippen LogP contribution in [0.5, 0.6) is 0 Å². The van der Waals surface area contributed by atoms with Crippen LogP contribution in [-0.2, 0) is 0 Å². The van der Waals surface area contributed by atoms with Crippen molar-refractivity contribution in [3.05, 3.63) is 29.8 Å². The molecule has 8 heteroatoms. The molecular weight excluding hydrogens is 487 g/mol. The zero-order valence-electron chi connectivity index (χ0n) is 17.9. The summed E-state index contributed by atoms with van der Waals surface area (Å²) in [6, 6.07) is 3.96. The molecule has 2 rings (SSSR count). The zero-order valence-corrected chi connectivity index (χ0v) is 20.2. The van der Waals surface area contributed by atoms with Gasteiger partial charge in [-0.25, -0.2) is 8.78 Å². The molecule has 29 heavy (non-hydrogen) atoms. The summed E-state index contributed by atoms with van der Waals surface area (Å²) in [5.74, 6) is -0.233. The highest BCUT2D eigenvalue weighted by Crippen LogP contribution is 2.24. The molecule has 0 spiro atoms. The van der Waals surface area contributed by atoms with Crippen LogP contribution in [0, 0.1) is 11.6 Å². The molecule has 1 aliphatic rings. The van der Waals surface area contributed by atoms with Gasteiger partial charge >= 0.3 is 0 Å². The lowest BCUT2D eigenvalue weighted by molar-refractivity contribution is 0.297. The maximum absolute atomic E-state index is 14.0. The van der Waals surface area contributed by atoms with Gasteiger partial charge in [-0.1, -0.05) is 13.8 Å². The van der Waals surface area contributed by atoms with Crippen molar-refractivity contribution in [1.82, 2.24) is 15.5 Å². The first kappa shape index (κ1) is 25.9. The van der Waals surface area contributed by atoms with Crippen molar-refractivity contribution in [2.75, 3.05) is 50.7 Å². The van der Waals surface area contributed by atoms with Gasteiger partial charge in [0.2, 0.25) is 0 Å². The second-order valence-corrected chi connectivity index (χ2v) is 7.17. The minimum atomic E-state index is -0.544. The Hall–Kier alpha value is -1.16. The first-order valence-corrected chi connectivity index (χ1v) is 10.5. The Balaban J connectivity index is 0.00000420. The van der Waals surface area contributed by atoms with Crippen LogP contribution in [0.4, 0.5) is 14.5 Å². The topological polar surface area (TPSA) is 42.9 Å². The summed E-state index contributed by atoms with van der Waals surface area (Å²) in [7, 11) is 0. The molecule has 5 nitrogen and oxygen atoms in total. The Morgan fingerprint density at radius 3 is 2.62 bits per heavy atom. The SMILES string of the molecule is CCNC(=NCCCCN(CC)CC)NC1CCN(c2ccc(F)cc2F)C1.I. The monoisotopic (exact) mass is 523 g/mol. The van der Waals surface area contributed by atoms with Gasteiger partial charge in [0.15, 0.2) is 5.96 Å². The first-order valence-electron chi connectivity index (χ1n) is 10.5. The molecule has 0 radical (unpaired) electrons. The Bertz CT molecular complexity index is 625. The lowest BCUT2D eigenvalue weighted by Crippen LogP contribution is -2.44. The van der Waals surface area contributed by atoms with E-state index in [1.807, 2.05) is 11.8 Å². The fourth-order valence-corrected chi connectivity index (χ4v) is 3.53. The van der Waals surface area contributed by atoms with Gasteiger partial charge < -0.3 is 20.4 Å². The van der Waals surface area contributed by atoms with E-state index in [0.717, 1.165) is 70.6 Å². The third kappa shape index (κ3) is 8.62. The molecule has 1 aromatic carbocycles. The van der Waals surface area contributed by atoms with Gasteiger partial charge in [0, 0.05) is 38.3 Å². The second kappa shape index (κ2) is 14.0. The fourth-order valence-electron chi connectivity index (χ4n) is 3.53. The molecule has 1 fully saturated rings. The van der Waals surface area contributed by atoms with Crippen LogP contribution in [0.25, 0.3) is 0 Å². The lowest BCUT2D eigenvalue weighted by atomic mass is 10.2. The molecular formula is C21H36F2IN5. The normalized spacial score (nSPS) is 16.8. The van der Waals surface area contributed by atoms with Gasteiger partial charge in [-0.3, -0.25) is 4.99 Å². The van der Waals surface area contributed by atoms with Gasteiger partial charge in [0.05, 0.1) is 5.69 Å². The third-order valence-corrected chi connectivity index (χ3v) is 5.17. The van der Waals surface area contributed by atoms with Gasteiger partial charge in [0.25, 0.3) is 0 Å². The highest BCUT2D eigenvalue weighted by Gasteiger charge is 2.25. The fraction of sp³-hybridized carbons (Fsp3) is 0.667. The van der Waals surface area contributed by atoms with Gasteiger partial charge in [-0.2, -0.15) is 0 Å². The number of nitrogens with one attached hydrogen (secondary N) is 2. The van der Waals surface area contributed by atoms with Crippen molar-refractivity contribution in [3.8, 4) is 0 Å².